The summed E-state index contributed by atoms with van der Waals surface area (Å²) in [6.45, 7) is 8.94. The predicted octanol–water partition coefficient (Wildman–Crippen LogP) is 2.89. The van der Waals surface area contributed by atoms with E-state index in [-0.39, 0.29) is 11.9 Å². The van der Waals surface area contributed by atoms with Gasteiger partial charge in [-0.2, -0.15) is 4.98 Å². The number of aromatic nitrogens is 2. The summed E-state index contributed by atoms with van der Waals surface area (Å²) in [6, 6.07) is 0.217. The van der Waals surface area contributed by atoms with Crippen molar-refractivity contribution in [2.24, 2.45) is 5.92 Å². The average Bonchev–Trinajstić information content (AvgIpc) is 2.29. The van der Waals surface area contributed by atoms with Crippen molar-refractivity contribution >= 4 is 11.8 Å². The smallest absolute Gasteiger partial charge is 0.224 e. The van der Waals surface area contributed by atoms with Gasteiger partial charge in [-0.3, -0.25) is 0 Å². The predicted molar refractivity (Wildman–Crippen MR) is 68.7 cm³/mol. The highest BCUT2D eigenvalue weighted by atomic mass is 19.1. The van der Waals surface area contributed by atoms with Crippen molar-refractivity contribution in [2.75, 3.05) is 17.2 Å². The third-order valence-corrected chi connectivity index (χ3v) is 2.65. The molecule has 0 amide bonds. The van der Waals surface area contributed by atoms with E-state index in [4.69, 9.17) is 0 Å². The van der Waals surface area contributed by atoms with E-state index in [0.717, 1.165) is 6.42 Å². The molecule has 1 unspecified atom stereocenters. The highest BCUT2D eigenvalue weighted by Crippen LogP contribution is 2.17. The molecule has 4 nitrogen and oxygen atoms in total. The van der Waals surface area contributed by atoms with Gasteiger partial charge in [-0.05, 0) is 19.3 Å². The molecule has 1 rings (SSSR count). The van der Waals surface area contributed by atoms with Crippen LogP contribution in [0, 0.1) is 11.7 Å². The minimum absolute atomic E-state index is 0.217. The maximum Gasteiger partial charge on any atom is 0.224 e. The lowest BCUT2D eigenvalue weighted by atomic mass is 10.0. The van der Waals surface area contributed by atoms with Gasteiger partial charge in [0.05, 0.1) is 6.20 Å². The molecule has 0 saturated carbocycles. The summed E-state index contributed by atoms with van der Waals surface area (Å²) in [5.74, 6) is 0.745. The fourth-order valence-corrected chi connectivity index (χ4v) is 1.63. The molecule has 0 fully saturated rings. The monoisotopic (exact) mass is 240 g/mol. The van der Waals surface area contributed by atoms with Crippen molar-refractivity contribution in [3.63, 3.8) is 0 Å². The maximum atomic E-state index is 13.6. The highest BCUT2D eigenvalue weighted by molar-refractivity contribution is 5.41. The first-order chi connectivity index (χ1) is 8.08. The van der Waals surface area contributed by atoms with E-state index in [0.29, 0.717) is 18.4 Å². The van der Waals surface area contributed by atoms with Gasteiger partial charge in [-0.15, -0.1) is 0 Å². The SMILES string of the molecule is CCNc1ncc(F)c(NC(CC)C(C)C)n1. The van der Waals surface area contributed by atoms with Crippen LogP contribution in [-0.2, 0) is 0 Å². The number of rotatable bonds is 6. The molecule has 2 N–H and O–H groups in total. The van der Waals surface area contributed by atoms with Crippen LogP contribution in [0.25, 0.3) is 0 Å². The molecule has 0 aliphatic carbocycles. The lowest BCUT2D eigenvalue weighted by molar-refractivity contribution is 0.504. The third-order valence-electron chi connectivity index (χ3n) is 2.65. The second kappa shape index (κ2) is 6.37. The zero-order valence-electron chi connectivity index (χ0n) is 10.9. The number of hydrogen-bond donors (Lipinski definition) is 2. The van der Waals surface area contributed by atoms with Crippen LogP contribution in [0.4, 0.5) is 16.2 Å². The van der Waals surface area contributed by atoms with Crippen LogP contribution < -0.4 is 10.6 Å². The van der Waals surface area contributed by atoms with Crippen molar-refractivity contribution < 1.29 is 4.39 Å². The van der Waals surface area contributed by atoms with Gasteiger partial charge < -0.3 is 10.6 Å². The molecule has 1 aromatic rings. The second-order valence-corrected chi connectivity index (χ2v) is 4.32. The second-order valence-electron chi connectivity index (χ2n) is 4.32. The van der Waals surface area contributed by atoms with Crippen molar-refractivity contribution in [3.05, 3.63) is 12.0 Å². The molecule has 0 saturated heterocycles. The molecule has 0 spiro atoms. The molecule has 17 heavy (non-hydrogen) atoms. The Labute approximate surface area is 102 Å². The summed E-state index contributed by atoms with van der Waals surface area (Å²) in [5, 5.41) is 6.10. The molecule has 0 aliphatic rings. The topological polar surface area (TPSA) is 49.8 Å². The van der Waals surface area contributed by atoms with Gasteiger partial charge in [-0.25, -0.2) is 9.37 Å². The van der Waals surface area contributed by atoms with Crippen molar-refractivity contribution in [1.29, 1.82) is 0 Å². The summed E-state index contributed by atoms with van der Waals surface area (Å²) in [4.78, 5) is 7.99. The summed E-state index contributed by atoms with van der Waals surface area (Å²) in [6.07, 6.45) is 2.12. The van der Waals surface area contributed by atoms with Crippen LogP contribution in [-0.4, -0.2) is 22.6 Å². The molecular weight excluding hydrogens is 219 g/mol. The first kappa shape index (κ1) is 13.7. The van der Waals surface area contributed by atoms with Gasteiger partial charge in [0.15, 0.2) is 11.6 Å². The Balaban J connectivity index is 2.84. The van der Waals surface area contributed by atoms with E-state index in [2.05, 4.69) is 41.4 Å². The Morgan fingerprint density at radius 2 is 2.06 bits per heavy atom. The van der Waals surface area contributed by atoms with Crippen LogP contribution in [0.2, 0.25) is 0 Å². The minimum Gasteiger partial charge on any atom is -0.364 e. The molecular formula is C12H21FN4. The molecule has 1 heterocycles. The van der Waals surface area contributed by atoms with Crippen LogP contribution in [0.15, 0.2) is 6.20 Å². The number of nitrogens with one attached hydrogen (secondary N) is 2. The molecule has 1 aromatic heterocycles. The van der Waals surface area contributed by atoms with Crippen LogP contribution >= 0.6 is 0 Å². The van der Waals surface area contributed by atoms with E-state index in [9.17, 15) is 4.39 Å². The van der Waals surface area contributed by atoms with Gasteiger partial charge in [-0.1, -0.05) is 20.8 Å². The number of halogens is 1. The Hall–Kier alpha value is -1.39. The number of anilines is 2. The van der Waals surface area contributed by atoms with Gasteiger partial charge in [0.25, 0.3) is 0 Å². The molecule has 0 radical (unpaired) electrons. The van der Waals surface area contributed by atoms with Crippen LogP contribution in [0.1, 0.15) is 34.1 Å². The van der Waals surface area contributed by atoms with E-state index in [1.54, 1.807) is 0 Å². The Bertz CT molecular complexity index is 354. The van der Waals surface area contributed by atoms with E-state index >= 15 is 0 Å². The molecule has 96 valence electrons. The van der Waals surface area contributed by atoms with E-state index in [1.165, 1.54) is 6.20 Å². The number of hydrogen-bond acceptors (Lipinski definition) is 4. The van der Waals surface area contributed by atoms with Gasteiger partial charge in [0, 0.05) is 12.6 Å². The number of nitrogens with zero attached hydrogens (tertiary/aromatic N) is 2. The third kappa shape index (κ3) is 3.84. The standard InChI is InChI=1S/C12H21FN4/c1-5-10(8(3)4)16-11-9(13)7-15-12(17-11)14-6-2/h7-8,10H,5-6H2,1-4H3,(H2,14,15,16,17). The Kier molecular flexibility index (Phi) is 5.12. The van der Waals surface area contributed by atoms with Crippen LogP contribution in [0.3, 0.4) is 0 Å². The largest absolute Gasteiger partial charge is 0.364 e. The zero-order chi connectivity index (χ0) is 12.8. The first-order valence-corrected chi connectivity index (χ1v) is 6.11. The quantitative estimate of drug-likeness (QED) is 0.802. The van der Waals surface area contributed by atoms with Gasteiger partial charge >= 0.3 is 0 Å². The summed E-state index contributed by atoms with van der Waals surface area (Å²) < 4.78 is 13.6. The molecule has 0 bridgehead atoms. The Morgan fingerprint density at radius 1 is 1.35 bits per heavy atom. The summed E-state index contributed by atoms with van der Waals surface area (Å²) in [5.41, 5.74) is 0. The fraction of sp³-hybridized carbons (Fsp3) is 0.667. The average molecular weight is 240 g/mol. The van der Waals surface area contributed by atoms with E-state index in [1.807, 2.05) is 6.92 Å². The molecule has 0 aromatic carbocycles. The fourth-order valence-electron chi connectivity index (χ4n) is 1.63. The maximum absolute atomic E-state index is 13.6. The minimum atomic E-state index is -0.411. The summed E-state index contributed by atoms with van der Waals surface area (Å²) in [7, 11) is 0. The van der Waals surface area contributed by atoms with Crippen LogP contribution in [0.5, 0.6) is 0 Å². The highest BCUT2D eigenvalue weighted by Gasteiger charge is 2.14. The first-order valence-electron chi connectivity index (χ1n) is 6.11. The van der Waals surface area contributed by atoms with Crippen molar-refractivity contribution in [3.8, 4) is 0 Å². The zero-order valence-corrected chi connectivity index (χ0v) is 10.9. The lowest BCUT2D eigenvalue weighted by Gasteiger charge is -2.21. The lowest BCUT2D eigenvalue weighted by Crippen LogP contribution is -2.26. The van der Waals surface area contributed by atoms with Crippen molar-refractivity contribution in [2.45, 2.75) is 40.2 Å². The summed E-state index contributed by atoms with van der Waals surface area (Å²) >= 11 is 0. The van der Waals surface area contributed by atoms with Gasteiger partial charge in [0.2, 0.25) is 5.95 Å². The van der Waals surface area contributed by atoms with E-state index < -0.39 is 5.82 Å². The molecule has 0 aliphatic heterocycles. The Morgan fingerprint density at radius 3 is 2.59 bits per heavy atom. The normalized spacial score (nSPS) is 12.6. The molecule has 5 heteroatoms. The van der Waals surface area contributed by atoms with Gasteiger partial charge in [0.1, 0.15) is 0 Å². The van der Waals surface area contributed by atoms with Crippen molar-refractivity contribution in [1.82, 2.24) is 9.97 Å². The molecule has 1 atom stereocenters.